The number of anilines is 3. The van der Waals surface area contributed by atoms with Crippen LogP contribution in [0.2, 0.25) is 0 Å². The molecule has 5 heterocycles. The van der Waals surface area contributed by atoms with Crippen molar-refractivity contribution in [2.75, 3.05) is 44.0 Å². The van der Waals surface area contributed by atoms with Gasteiger partial charge in [-0.2, -0.15) is 15.2 Å². The van der Waals surface area contributed by atoms with Gasteiger partial charge >= 0.3 is 0 Å². The zero-order chi connectivity index (χ0) is 27.0. The molecule has 3 aromatic rings. The first-order valence-corrected chi connectivity index (χ1v) is 13.3. The number of ether oxygens (including phenoxy) is 1. The summed E-state index contributed by atoms with van der Waals surface area (Å²) in [5.41, 5.74) is 3.59. The van der Waals surface area contributed by atoms with Crippen LogP contribution in [0.4, 0.5) is 17.5 Å². The standard InChI is InChI=1S/C26H35N11O2/c1-17-21(10-18(11-27-17)30-22(38)15-36-7-6-26(16-36)4-5-26)32-23-20-13-28-25(33-24(20)35(2)34-23)31-19-12-29-37(14-19)8-9-39-3/h10-14,17,27H,4-9,15-16H2,1-3H3,(H,30,38)(H,32,34)(H,28,31,33). The fourth-order valence-electron chi connectivity index (χ4n) is 5.20. The van der Waals surface area contributed by atoms with E-state index in [1.54, 1.807) is 28.9 Å². The number of carbonyl (C=O) groups is 1. The maximum absolute atomic E-state index is 12.7. The molecular formula is C26H35N11O2. The molecule has 3 aliphatic rings. The second-order valence-corrected chi connectivity index (χ2v) is 10.7. The Bertz CT molecular complexity index is 1430. The summed E-state index contributed by atoms with van der Waals surface area (Å²) >= 11 is 0. The molecule has 1 amide bonds. The van der Waals surface area contributed by atoms with Crippen LogP contribution in [-0.4, -0.2) is 79.7 Å². The number of aromatic nitrogens is 6. The maximum Gasteiger partial charge on any atom is 0.238 e. The van der Waals surface area contributed by atoms with Crippen LogP contribution in [0.1, 0.15) is 26.2 Å². The lowest BCUT2D eigenvalue weighted by Crippen LogP contribution is -2.38. The fraction of sp³-hybridized carbons (Fsp3) is 0.500. The number of methoxy groups -OCH3 is 1. The first-order valence-electron chi connectivity index (χ1n) is 13.3. The van der Waals surface area contributed by atoms with Crippen molar-refractivity contribution in [3.8, 4) is 0 Å². The third-order valence-corrected chi connectivity index (χ3v) is 7.65. The minimum Gasteiger partial charge on any atom is -0.383 e. The van der Waals surface area contributed by atoms with Crippen molar-refractivity contribution in [2.45, 2.75) is 38.8 Å². The second-order valence-electron chi connectivity index (χ2n) is 10.7. The molecule has 1 saturated heterocycles. The quantitative estimate of drug-likeness (QED) is 0.304. The van der Waals surface area contributed by atoms with Crippen LogP contribution in [0, 0.1) is 5.41 Å². The first kappa shape index (κ1) is 25.3. The van der Waals surface area contributed by atoms with Gasteiger partial charge in [-0.25, -0.2) is 9.67 Å². The highest BCUT2D eigenvalue weighted by Crippen LogP contribution is 2.52. The average Bonchev–Trinajstić information content (AvgIpc) is 3.18. The van der Waals surface area contributed by atoms with E-state index in [0.717, 1.165) is 35.6 Å². The average molecular weight is 534 g/mol. The number of hydrogen-bond acceptors (Lipinski definition) is 10. The van der Waals surface area contributed by atoms with E-state index < -0.39 is 0 Å². The number of hydrogen-bond donors (Lipinski definition) is 4. The molecule has 2 fully saturated rings. The summed E-state index contributed by atoms with van der Waals surface area (Å²) in [5, 5.41) is 22.7. The SMILES string of the molecule is COCCn1cc(Nc2ncc3c(NC4=CC(NC(=O)CN5CCC6(CC6)C5)=CNC4C)nn(C)c3n2)cn1. The molecule has 0 radical (unpaired) electrons. The van der Waals surface area contributed by atoms with Gasteiger partial charge in [0.1, 0.15) is 0 Å². The molecule has 0 aromatic carbocycles. The third-order valence-electron chi connectivity index (χ3n) is 7.65. The Morgan fingerprint density at radius 1 is 1.26 bits per heavy atom. The number of rotatable bonds is 10. The van der Waals surface area contributed by atoms with Crippen LogP contribution < -0.4 is 21.3 Å². The smallest absolute Gasteiger partial charge is 0.238 e. The molecule has 0 bridgehead atoms. The van der Waals surface area contributed by atoms with Gasteiger partial charge in [0.05, 0.1) is 48.7 Å². The number of dihydropyridines is 1. The molecule has 3 aromatic heterocycles. The van der Waals surface area contributed by atoms with E-state index in [0.29, 0.717) is 42.5 Å². The lowest BCUT2D eigenvalue weighted by molar-refractivity contribution is -0.121. The van der Waals surface area contributed by atoms with Crippen LogP contribution in [0.5, 0.6) is 0 Å². The second kappa shape index (κ2) is 10.3. The van der Waals surface area contributed by atoms with Crippen molar-refractivity contribution in [2.24, 2.45) is 12.5 Å². The third kappa shape index (κ3) is 5.59. The molecule has 2 aliphatic heterocycles. The molecule has 13 heteroatoms. The largest absolute Gasteiger partial charge is 0.383 e. The first-order chi connectivity index (χ1) is 18.9. The van der Waals surface area contributed by atoms with Crippen molar-refractivity contribution < 1.29 is 9.53 Å². The molecule has 1 spiro atoms. The van der Waals surface area contributed by atoms with Gasteiger partial charge in [-0.1, -0.05) is 0 Å². The predicted octanol–water partition coefficient (Wildman–Crippen LogP) is 1.68. The van der Waals surface area contributed by atoms with Gasteiger partial charge in [0.25, 0.3) is 0 Å². The van der Waals surface area contributed by atoms with Crippen LogP contribution in [0.25, 0.3) is 11.0 Å². The van der Waals surface area contributed by atoms with Crippen LogP contribution in [-0.2, 0) is 23.1 Å². The summed E-state index contributed by atoms with van der Waals surface area (Å²) in [4.78, 5) is 24.1. The number of aryl methyl sites for hydroxylation is 1. The Kier molecular flexibility index (Phi) is 6.69. The summed E-state index contributed by atoms with van der Waals surface area (Å²) < 4.78 is 8.61. The molecule has 1 aliphatic carbocycles. The van der Waals surface area contributed by atoms with Gasteiger partial charge in [-0.05, 0) is 44.2 Å². The lowest BCUT2D eigenvalue weighted by atomic mass is 10.1. The molecule has 206 valence electrons. The van der Waals surface area contributed by atoms with E-state index in [1.807, 2.05) is 32.4 Å². The zero-order valence-corrected chi connectivity index (χ0v) is 22.6. The highest BCUT2D eigenvalue weighted by molar-refractivity contribution is 5.88. The molecule has 13 nitrogen and oxygen atoms in total. The fourth-order valence-corrected chi connectivity index (χ4v) is 5.20. The minimum absolute atomic E-state index is 0.00635. The Morgan fingerprint density at radius 3 is 2.92 bits per heavy atom. The van der Waals surface area contributed by atoms with Crippen LogP contribution >= 0.6 is 0 Å². The van der Waals surface area contributed by atoms with Crippen LogP contribution in [0.3, 0.4) is 0 Å². The Morgan fingerprint density at radius 2 is 2.13 bits per heavy atom. The number of nitrogens with zero attached hydrogens (tertiary/aromatic N) is 7. The Hall–Kier alpha value is -3.97. The van der Waals surface area contributed by atoms with E-state index >= 15 is 0 Å². The summed E-state index contributed by atoms with van der Waals surface area (Å²) in [6.45, 7) is 5.77. The number of likely N-dealkylation sites (tertiary alicyclic amines) is 1. The molecule has 6 rings (SSSR count). The summed E-state index contributed by atoms with van der Waals surface area (Å²) in [6, 6.07) is 0.00696. The summed E-state index contributed by atoms with van der Waals surface area (Å²) in [5.74, 6) is 1.10. The van der Waals surface area contributed by atoms with Crippen molar-refractivity contribution >= 4 is 34.4 Å². The van der Waals surface area contributed by atoms with Crippen molar-refractivity contribution in [3.63, 3.8) is 0 Å². The minimum atomic E-state index is 0.00635. The van der Waals surface area contributed by atoms with Gasteiger partial charge < -0.3 is 26.0 Å². The predicted molar refractivity (Wildman–Crippen MR) is 147 cm³/mol. The topological polar surface area (TPSA) is 139 Å². The summed E-state index contributed by atoms with van der Waals surface area (Å²) in [7, 11) is 3.51. The van der Waals surface area contributed by atoms with Gasteiger partial charge in [0.15, 0.2) is 11.5 Å². The van der Waals surface area contributed by atoms with Crippen molar-refractivity contribution in [1.82, 2.24) is 45.1 Å². The van der Waals surface area contributed by atoms with E-state index in [9.17, 15) is 4.79 Å². The van der Waals surface area contributed by atoms with Gasteiger partial charge in [-0.15, -0.1) is 0 Å². The monoisotopic (exact) mass is 533 g/mol. The van der Waals surface area contributed by atoms with Gasteiger partial charge in [0, 0.05) is 45.0 Å². The number of carbonyl (C=O) groups excluding carboxylic acids is 1. The Labute approximate surface area is 226 Å². The summed E-state index contributed by atoms with van der Waals surface area (Å²) in [6.07, 6.45) is 13.0. The zero-order valence-electron chi connectivity index (χ0n) is 22.6. The molecular weight excluding hydrogens is 498 g/mol. The van der Waals surface area contributed by atoms with E-state index in [-0.39, 0.29) is 11.9 Å². The number of amides is 1. The van der Waals surface area contributed by atoms with Crippen LogP contribution in [0.15, 0.2) is 42.3 Å². The molecule has 1 unspecified atom stereocenters. The van der Waals surface area contributed by atoms with E-state index in [1.165, 1.54) is 19.3 Å². The number of fused-ring (bicyclic) bond motifs is 1. The van der Waals surface area contributed by atoms with E-state index in [4.69, 9.17) is 4.74 Å². The molecule has 1 saturated carbocycles. The maximum atomic E-state index is 12.7. The Balaban J connectivity index is 1.11. The molecule has 39 heavy (non-hydrogen) atoms. The highest BCUT2D eigenvalue weighted by Gasteiger charge is 2.47. The number of allylic oxidation sites excluding steroid dienone is 1. The number of nitrogens with one attached hydrogen (secondary N) is 4. The van der Waals surface area contributed by atoms with Gasteiger partial charge in [-0.3, -0.25) is 14.4 Å². The molecule has 4 N–H and O–H groups in total. The van der Waals surface area contributed by atoms with Gasteiger partial charge in [0.2, 0.25) is 11.9 Å². The lowest BCUT2D eigenvalue weighted by Gasteiger charge is -2.24. The molecule has 1 atom stereocenters. The highest BCUT2D eigenvalue weighted by atomic mass is 16.5. The normalized spacial score (nSPS) is 20.0. The van der Waals surface area contributed by atoms with Crippen molar-refractivity contribution in [3.05, 3.63) is 42.3 Å². The van der Waals surface area contributed by atoms with Crippen molar-refractivity contribution in [1.29, 1.82) is 0 Å². The van der Waals surface area contributed by atoms with E-state index in [2.05, 4.69) is 46.3 Å².